The first kappa shape index (κ1) is 7.25. The Kier molecular flexibility index (Phi) is 1.69. The largest absolute Gasteiger partial charge is 0.298 e. The molecule has 1 aromatic heterocycles. The zero-order valence-electron chi connectivity index (χ0n) is 6.87. The Bertz CT molecular complexity index is 256. The molecule has 0 fully saturated rings. The van der Waals surface area contributed by atoms with Crippen LogP contribution in [0.5, 0.6) is 0 Å². The number of thiazole rings is 1. The minimum atomic E-state index is 0.575. The predicted octanol–water partition coefficient (Wildman–Crippen LogP) is 1.69. The van der Waals surface area contributed by atoms with Gasteiger partial charge in [0.25, 0.3) is 0 Å². The number of likely N-dealkylation sites (N-methyl/N-ethyl adjacent to an activating group) is 1. The summed E-state index contributed by atoms with van der Waals surface area (Å²) in [7, 11) is 2.17. The molecular formula is C8H12N2S. The zero-order valence-corrected chi connectivity index (χ0v) is 7.69. The third-order valence-electron chi connectivity index (χ3n) is 2.41. The molecule has 0 spiro atoms. The van der Waals surface area contributed by atoms with E-state index in [1.165, 1.54) is 10.6 Å². The van der Waals surface area contributed by atoms with Crippen molar-refractivity contribution in [1.29, 1.82) is 0 Å². The highest BCUT2D eigenvalue weighted by atomic mass is 32.1. The number of hydrogen-bond acceptors (Lipinski definition) is 3. The molecule has 60 valence electrons. The van der Waals surface area contributed by atoms with Crippen LogP contribution in [0.4, 0.5) is 0 Å². The molecular weight excluding hydrogens is 156 g/mol. The molecule has 1 aliphatic rings. The Labute approximate surface area is 70.9 Å². The van der Waals surface area contributed by atoms with E-state index < -0.39 is 0 Å². The second-order valence-electron chi connectivity index (χ2n) is 3.07. The van der Waals surface area contributed by atoms with Crippen LogP contribution in [0, 0.1) is 0 Å². The van der Waals surface area contributed by atoms with Crippen LogP contribution in [0.3, 0.4) is 0 Å². The van der Waals surface area contributed by atoms with E-state index in [0.717, 1.165) is 13.0 Å². The fourth-order valence-electron chi connectivity index (χ4n) is 1.48. The molecule has 0 aromatic carbocycles. The van der Waals surface area contributed by atoms with E-state index in [2.05, 4.69) is 23.9 Å². The average Bonchev–Trinajstić information content (AvgIpc) is 2.45. The van der Waals surface area contributed by atoms with Gasteiger partial charge in [-0.2, -0.15) is 0 Å². The first-order chi connectivity index (χ1) is 5.29. The molecule has 0 radical (unpaired) electrons. The second kappa shape index (κ2) is 2.57. The molecule has 2 rings (SSSR count). The van der Waals surface area contributed by atoms with Crippen molar-refractivity contribution in [1.82, 2.24) is 9.88 Å². The molecule has 0 amide bonds. The van der Waals surface area contributed by atoms with Gasteiger partial charge < -0.3 is 0 Å². The van der Waals surface area contributed by atoms with Crippen LogP contribution in [-0.2, 0) is 6.42 Å². The predicted molar refractivity (Wildman–Crippen MR) is 46.9 cm³/mol. The van der Waals surface area contributed by atoms with Crippen molar-refractivity contribution in [2.24, 2.45) is 0 Å². The fourth-order valence-corrected chi connectivity index (χ4v) is 2.44. The molecule has 0 aliphatic carbocycles. The van der Waals surface area contributed by atoms with Gasteiger partial charge in [-0.25, -0.2) is 4.98 Å². The fraction of sp³-hybridized carbons (Fsp3) is 0.625. The van der Waals surface area contributed by atoms with E-state index >= 15 is 0 Å². The molecule has 1 aromatic rings. The Morgan fingerprint density at radius 1 is 1.73 bits per heavy atom. The summed E-state index contributed by atoms with van der Waals surface area (Å²) in [6.07, 6.45) is 1.12. The highest BCUT2D eigenvalue weighted by molar-refractivity contribution is 7.09. The number of fused-ring (bicyclic) bond motifs is 1. The summed E-state index contributed by atoms with van der Waals surface area (Å²) in [4.78, 5) is 8.17. The maximum atomic E-state index is 4.33. The number of aromatic nitrogens is 1. The van der Waals surface area contributed by atoms with E-state index in [0.29, 0.717) is 6.04 Å². The lowest BCUT2D eigenvalue weighted by atomic mass is 10.1. The van der Waals surface area contributed by atoms with Crippen LogP contribution in [0.25, 0.3) is 0 Å². The van der Waals surface area contributed by atoms with Crippen molar-refractivity contribution >= 4 is 11.3 Å². The molecule has 0 N–H and O–H groups in total. The molecule has 11 heavy (non-hydrogen) atoms. The molecule has 0 bridgehead atoms. The Morgan fingerprint density at radius 2 is 2.55 bits per heavy atom. The Balaban J connectivity index is 2.38. The van der Waals surface area contributed by atoms with Crippen molar-refractivity contribution in [3.05, 3.63) is 16.1 Å². The van der Waals surface area contributed by atoms with E-state index in [4.69, 9.17) is 0 Å². The number of rotatable bonds is 0. The summed E-state index contributed by atoms with van der Waals surface area (Å²) in [5.41, 5.74) is 3.28. The zero-order chi connectivity index (χ0) is 7.84. The minimum Gasteiger partial charge on any atom is -0.298 e. The highest BCUT2D eigenvalue weighted by Gasteiger charge is 2.22. The van der Waals surface area contributed by atoms with Crippen LogP contribution in [0.15, 0.2) is 5.51 Å². The minimum absolute atomic E-state index is 0.575. The van der Waals surface area contributed by atoms with Gasteiger partial charge in [-0.3, -0.25) is 4.90 Å². The molecule has 2 nitrogen and oxygen atoms in total. The molecule has 2 heterocycles. The summed E-state index contributed by atoms with van der Waals surface area (Å²) in [5.74, 6) is 0. The lowest BCUT2D eigenvalue weighted by Gasteiger charge is -2.28. The number of nitrogens with zero attached hydrogens (tertiary/aromatic N) is 2. The Hall–Kier alpha value is -0.410. The first-order valence-corrected chi connectivity index (χ1v) is 4.79. The quantitative estimate of drug-likeness (QED) is 0.586. The Morgan fingerprint density at radius 3 is 3.36 bits per heavy atom. The van der Waals surface area contributed by atoms with Crippen molar-refractivity contribution in [2.45, 2.75) is 19.4 Å². The maximum Gasteiger partial charge on any atom is 0.0798 e. The van der Waals surface area contributed by atoms with Gasteiger partial charge >= 0.3 is 0 Å². The summed E-state index contributed by atoms with van der Waals surface area (Å²) in [5, 5.41) is 0. The topological polar surface area (TPSA) is 16.1 Å². The van der Waals surface area contributed by atoms with E-state index in [-0.39, 0.29) is 0 Å². The van der Waals surface area contributed by atoms with Crippen LogP contribution in [0.1, 0.15) is 23.5 Å². The summed E-state index contributed by atoms with van der Waals surface area (Å²) in [6, 6.07) is 0.575. The summed E-state index contributed by atoms with van der Waals surface area (Å²) < 4.78 is 0. The lowest BCUT2D eigenvalue weighted by Crippen LogP contribution is -2.29. The van der Waals surface area contributed by atoms with Crippen LogP contribution in [-0.4, -0.2) is 23.5 Å². The molecule has 1 aliphatic heterocycles. The normalized spacial score (nSPS) is 25.1. The molecule has 3 heteroatoms. The summed E-state index contributed by atoms with van der Waals surface area (Å²) in [6.45, 7) is 3.40. The molecule has 0 saturated heterocycles. The average molecular weight is 168 g/mol. The van der Waals surface area contributed by atoms with Gasteiger partial charge in [0.15, 0.2) is 0 Å². The second-order valence-corrected chi connectivity index (χ2v) is 3.96. The van der Waals surface area contributed by atoms with E-state index in [9.17, 15) is 0 Å². The van der Waals surface area contributed by atoms with Crippen molar-refractivity contribution < 1.29 is 0 Å². The highest BCUT2D eigenvalue weighted by Crippen LogP contribution is 2.30. The molecule has 0 saturated carbocycles. The monoisotopic (exact) mass is 168 g/mol. The summed E-state index contributed by atoms with van der Waals surface area (Å²) >= 11 is 1.78. The van der Waals surface area contributed by atoms with Crippen molar-refractivity contribution in [3.63, 3.8) is 0 Å². The van der Waals surface area contributed by atoms with Gasteiger partial charge in [0.2, 0.25) is 0 Å². The maximum absolute atomic E-state index is 4.33. The number of hydrogen-bond donors (Lipinski definition) is 0. The van der Waals surface area contributed by atoms with Gasteiger partial charge in [0, 0.05) is 23.9 Å². The molecule has 1 unspecified atom stereocenters. The third kappa shape index (κ3) is 1.08. The van der Waals surface area contributed by atoms with Crippen molar-refractivity contribution in [2.75, 3.05) is 13.6 Å². The van der Waals surface area contributed by atoms with Crippen LogP contribution >= 0.6 is 11.3 Å². The first-order valence-electron chi connectivity index (χ1n) is 3.91. The lowest BCUT2D eigenvalue weighted by molar-refractivity contribution is 0.250. The van der Waals surface area contributed by atoms with Crippen LogP contribution < -0.4 is 0 Å². The van der Waals surface area contributed by atoms with Crippen LogP contribution in [0.2, 0.25) is 0 Å². The van der Waals surface area contributed by atoms with Gasteiger partial charge in [0.05, 0.1) is 11.2 Å². The van der Waals surface area contributed by atoms with E-state index in [1.54, 1.807) is 11.3 Å². The van der Waals surface area contributed by atoms with Gasteiger partial charge in [-0.1, -0.05) is 0 Å². The smallest absolute Gasteiger partial charge is 0.0798 e. The standard InChI is InChI=1S/C8H12N2S/c1-6-8-7(9-5-11-8)3-4-10(6)2/h5-6H,3-4H2,1-2H3. The van der Waals surface area contributed by atoms with Crippen molar-refractivity contribution in [3.8, 4) is 0 Å². The van der Waals surface area contributed by atoms with Gasteiger partial charge in [0.1, 0.15) is 0 Å². The van der Waals surface area contributed by atoms with E-state index in [1.807, 2.05) is 5.51 Å². The molecule has 1 atom stereocenters. The van der Waals surface area contributed by atoms with Gasteiger partial charge in [-0.05, 0) is 14.0 Å². The third-order valence-corrected chi connectivity index (χ3v) is 3.46. The van der Waals surface area contributed by atoms with Gasteiger partial charge in [-0.15, -0.1) is 11.3 Å². The SMILES string of the molecule is CC1c2scnc2CCN1C.